The lowest BCUT2D eigenvalue weighted by Crippen LogP contribution is -2.22. The van der Waals surface area contributed by atoms with E-state index in [9.17, 15) is 4.79 Å². The van der Waals surface area contributed by atoms with Gasteiger partial charge in [0.05, 0.1) is 7.11 Å². The number of benzene rings is 1. The third-order valence-corrected chi connectivity index (χ3v) is 3.36. The maximum atomic E-state index is 12.2. The van der Waals surface area contributed by atoms with Gasteiger partial charge in [-0.1, -0.05) is 24.3 Å². The Hall–Kier alpha value is -1.45. The van der Waals surface area contributed by atoms with Gasteiger partial charge < -0.3 is 0 Å². The highest BCUT2D eigenvalue weighted by Gasteiger charge is 2.26. The van der Waals surface area contributed by atoms with Gasteiger partial charge >= 0.3 is 0 Å². The SMILES string of the molecule is C=CCC1CCc2cc(COOC)ccc2C1=O. The lowest BCUT2D eigenvalue weighted by atomic mass is 9.80. The molecule has 0 amide bonds. The van der Waals surface area contributed by atoms with Gasteiger partial charge in [-0.25, -0.2) is 9.78 Å². The van der Waals surface area contributed by atoms with E-state index < -0.39 is 0 Å². The van der Waals surface area contributed by atoms with E-state index >= 15 is 0 Å². The summed E-state index contributed by atoms with van der Waals surface area (Å²) in [5.74, 6) is 0.353. The summed E-state index contributed by atoms with van der Waals surface area (Å²) in [4.78, 5) is 21.7. The van der Waals surface area contributed by atoms with Crippen LogP contribution >= 0.6 is 0 Å². The van der Waals surface area contributed by atoms with Crippen molar-refractivity contribution in [3.8, 4) is 0 Å². The highest BCUT2D eigenvalue weighted by atomic mass is 17.2. The van der Waals surface area contributed by atoms with Crippen molar-refractivity contribution in [2.45, 2.75) is 25.9 Å². The number of carbonyl (C=O) groups excluding carboxylic acids is 1. The molecule has 0 radical (unpaired) electrons. The fourth-order valence-electron chi connectivity index (χ4n) is 2.42. The van der Waals surface area contributed by atoms with Crippen molar-refractivity contribution in [2.24, 2.45) is 5.92 Å². The summed E-state index contributed by atoms with van der Waals surface area (Å²) in [6.45, 7) is 4.12. The van der Waals surface area contributed by atoms with Crippen LogP contribution in [0.15, 0.2) is 30.9 Å². The first-order chi connectivity index (χ1) is 8.76. The molecular formula is C15H18O3. The molecular weight excluding hydrogens is 228 g/mol. The van der Waals surface area contributed by atoms with Crippen LogP contribution in [0.1, 0.15) is 34.3 Å². The Morgan fingerprint density at radius 3 is 3.06 bits per heavy atom. The summed E-state index contributed by atoms with van der Waals surface area (Å²) in [5, 5.41) is 0. The predicted octanol–water partition coefficient (Wildman–Crippen LogP) is 3.09. The second-order valence-electron chi connectivity index (χ2n) is 4.54. The molecule has 1 aliphatic carbocycles. The Morgan fingerprint density at radius 2 is 2.33 bits per heavy atom. The number of ketones is 1. The van der Waals surface area contributed by atoms with E-state index in [1.807, 2.05) is 24.3 Å². The van der Waals surface area contributed by atoms with Crippen LogP contribution in [0.5, 0.6) is 0 Å². The van der Waals surface area contributed by atoms with Gasteiger partial charge in [0.15, 0.2) is 5.78 Å². The molecule has 0 aliphatic heterocycles. The number of fused-ring (bicyclic) bond motifs is 1. The fraction of sp³-hybridized carbons (Fsp3) is 0.400. The van der Waals surface area contributed by atoms with Crippen molar-refractivity contribution < 1.29 is 14.6 Å². The minimum atomic E-state index is 0.107. The molecule has 96 valence electrons. The monoisotopic (exact) mass is 246 g/mol. The standard InChI is InChI=1S/C15H18O3/c1-3-4-12-6-7-13-9-11(10-18-17-2)5-8-14(13)15(12)16/h3,5,8-9,12H,1,4,6-7,10H2,2H3. The van der Waals surface area contributed by atoms with Gasteiger partial charge in [-0.15, -0.1) is 6.58 Å². The van der Waals surface area contributed by atoms with Crippen LogP contribution in [0.25, 0.3) is 0 Å². The number of allylic oxidation sites excluding steroid dienone is 1. The predicted molar refractivity (Wildman–Crippen MR) is 69.2 cm³/mol. The molecule has 1 aromatic rings. The largest absolute Gasteiger partial charge is 0.294 e. The van der Waals surface area contributed by atoms with Crippen LogP contribution in [-0.4, -0.2) is 12.9 Å². The highest BCUT2D eigenvalue weighted by Crippen LogP contribution is 2.28. The minimum Gasteiger partial charge on any atom is -0.294 e. The van der Waals surface area contributed by atoms with Crippen LogP contribution < -0.4 is 0 Å². The van der Waals surface area contributed by atoms with E-state index in [1.54, 1.807) is 0 Å². The number of hydrogen-bond donors (Lipinski definition) is 0. The lowest BCUT2D eigenvalue weighted by molar-refractivity contribution is -0.282. The average molecular weight is 246 g/mol. The van der Waals surface area contributed by atoms with Gasteiger partial charge in [0, 0.05) is 11.5 Å². The van der Waals surface area contributed by atoms with Crippen LogP contribution in [0, 0.1) is 5.92 Å². The summed E-state index contributed by atoms with van der Waals surface area (Å²) in [7, 11) is 1.49. The molecule has 0 aromatic heterocycles. The number of aryl methyl sites for hydroxylation is 1. The zero-order valence-electron chi connectivity index (χ0n) is 10.6. The molecule has 0 saturated heterocycles. The normalized spacial score (nSPS) is 18.5. The Morgan fingerprint density at radius 1 is 1.50 bits per heavy atom. The summed E-state index contributed by atoms with van der Waals surface area (Å²) in [6, 6.07) is 5.86. The van der Waals surface area contributed by atoms with E-state index in [-0.39, 0.29) is 11.7 Å². The molecule has 18 heavy (non-hydrogen) atoms. The van der Waals surface area contributed by atoms with Crippen LogP contribution in [0.4, 0.5) is 0 Å². The summed E-state index contributed by atoms with van der Waals surface area (Å²) in [5.41, 5.74) is 3.01. The Balaban J connectivity index is 2.18. The van der Waals surface area contributed by atoms with Gasteiger partial charge in [0.25, 0.3) is 0 Å². The molecule has 1 atom stereocenters. The smallest absolute Gasteiger partial charge is 0.166 e. The quantitative estimate of drug-likeness (QED) is 0.455. The van der Waals surface area contributed by atoms with Crippen molar-refractivity contribution in [3.05, 3.63) is 47.5 Å². The molecule has 1 unspecified atom stereocenters. The number of carbonyl (C=O) groups is 1. The molecule has 0 saturated carbocycles. The summed E-state index contributed by atoms with van der Waals surface area (Å²) < 4.78 is 0. The minimum absolute atomic E-state index is 0.107. The highest BCUT2D eigenvalue weighted by molar-refractivity contribution is 6.00. The zero-order valence-corrected chi connectivity index (χ0v) is 10.6. The zero-order chi connectivity index (χ0) is 13.0. The van der Waals surface area contributed by atoms with Gasteiger partial charge in [-0.3, -0.25) is 4.79 Å². The molecule has 2 rings (SSSR count). The van der Waals surface area contributed by atoms with Gasteiger partial charge in [-0.2, -0.15) is 0 Å². The van der Waals surface area contributed by atoms with Crippen molar-refractivity contribution in [2.75, 3.05) is 7.11 Å². The average Bonchev–Trinajstić information content (AvgIpc) is 2.40. The van der Waals surface area contributed by atoms with Crippen LogP contribution in [0.2, 0.25) is 0 Å². The van der Waals surface area contributed by atoms with Crippen molar-refractivity contribution in [1.82, 2.24) is 0 Å². The Bertz CT molecular complexity index is 451. The van der Waals surface area contributed by atoms with Crippen molar-refractivity contribution >= 4 is 5.78 Å². The van der Waals surface area contributed by atoms with E-state index in [0.29, 0.717) is 6.61 Å². The molecule has 1 aromatic carbocycles. The number of hydrogen-bond acceptors (Lipinski definition) is 3. The molecule has 0 fully saturated rings. The molecule has 3 nitrogen and oxygen atoms in total. The molecule has 0 spiro atoms. The summed E-state index contributed by atoms with van der Waals surface area (Å²) >= 11 is 0. The second kappa shape index (κ2) is 5.94. The van der Waals surface area contributed by atoms with E-state index in [1.165, 1.54) is 7.11 Å². The van der Waals surface area contributed by atoms with Crippen molar-refractivity contribution in [1.29, 1.82) is 0 Å². The van der Waals surface area contributed by atoms with Gasteiger partial charge in [0.2, 0.25) is 0 Å². The van der Waals surface area contributed by atoms with Gasteiger partial charge in [0.1, 0.15) is 6.61 Å². The fourth-order valence-corrected chi connectivity index (χ4v) is 2.42. The molecule has 1 aliphatic rings. The second-order valence-corrected chi connectivity index (χ2v) is 4.54. The van der Waals surface area contributed by atoms with E-state index in [2.05, 4.69) is 11.5 Å². The first-order valence-electron chi connectivity index (χ1n) is 6.18. The molecule has 0 bridgehead atoms. The number of Topliss-reactive ketones (excluding diaryl/α,β-unsaturated/α-hetero) is 1. The maximum Gasteiger partial charge on any atom is 0.166 e. The molecule has 0 N–H and O–H groups in total. The topological polar surface area (TPSA) is 35.5 Å². The van der Waals surface area contributed by atoms with Crippen LogP contribution in [-0.2, 0) is 22.8 Å². The van der Waals surface area contributed by atoms with E-state index in [4.69, 9.17) is 4.89 Å². The maximum absolute atomic E-state index is 12.2. The van der Waals surface area contributed by atoms with Gasteiger partial charge in [-0.05, 0) is 30.4 Å². The Kier molecular flexibility index (Phi) is 4.28. The Labute approximate surface area is 107 Å². The summed E-state index contributed by atoms with van der Waals surface area (Å²) in [6.07, 6.45) is 4.45. The third-order valence-electron chi connectivity index (χ3n) is 3.36. The first-order valence-corrected chi connectivity index (χ1v) is 6.18. The molecule has 3 heteroatoms. The first kappa shape index (κ1) is 13.0. The van der Waals surface area contributed by atoms with E-state index in [0.717, 1.165) is 36.0 Å². The van der Waals surface area contributed by atoms with Crippen LogP contribution in [0.3, 0.4) is 0 Å². The lowest BCUT2D eigenvalue weighted by Gasteiger charge is -2.22. The molecule has 0 heterocycles. The van der Waals surface area contributed by atoms with Crippen molar-refractivity contribution in [3.63, 3.8) is 0 Å². The number of rotatable bonds is 5. The third kappa shape index (κ3) is 2.68.